The van der Waals surface area contributed by atoms with Gasteiger partial charge in [0.05, 0.1) is 5.54 Å². The average molecular weight is 416 g/mol. The molecule has 0 aromatic heterocycles. The minimum Gasteiger partial charge on any atom is -0.350 e. The highest BCUT2D eigenvalue weighted by molar-refractivity contribution is 5.86. The number of nitrogens with two attached hydrogens (primary N) is 1. The van der Waals surface area contributed by atoms with Gasteiger partial charge in [-0.3, -0.25) is 9.69 Å². The number of halogens is 2. The van der Waals surface area contributed by atoms with Gasteiger partial charge in [0.15, 0.2) is 0 Å². The van der Waals surface area contributed by atoms with Crippen molar-refractivity contribution < 1.29 is 4.79 Å². The normalized spacial score (nSPS) is 22.2. The van der Waals surface area contributed by atoms with Gasteiger partial charge in [-0.25, -0.2) is 0 Å². The van der Waals surface area contributed by atoms with E-state index < -0.39 is 5.54 Å². The van der Waals surface area contributed by atoms with Gasteiger partial charge in [-0.15, -0.1) is 24.8 Å². The standard InChI is InChI=1S/C21H33N3O.2ClH/c1-17-9-5-8-14-24(17)16-19-11-4-3-10-18(19)15-23-20(25)21(22)12-6-2-7-13-21;;/h3-4,10-11,17H,2,5-9,12-16,22H2,1H3,(H,23,25);2*1H. The van der Waals surface area contributed by atoms with E-state index in [2.05, 4.69) is 41.4 Å². The molecule has 1 saturated heterocycles. The first-order chi connectivity index (χ1) is 12.1. The van der Waals surface area contributed by atoms with Crippen LogP contribution in [-0.4, -0.2) is 28.9 Å². The van der Waals surface area contributed by atoms with Crippen molar-refractivity contribution in [2.45, 2.75) is 83.0 Å². The van der Waals surface area contributed by atoms with E-state index in [1.807, 2.05) is 0 Å². The monoisotopic (exact) mass is 415 g/mol. The minimum atomic E-state index is -0.658. The molecule has 1 heterocycles. The van der Waals surface area contributed by atoms with Crippen molar-refractivity contribution in [1.82, 2.24) is 10.2 Å². The molecule has 6 heteroatoms. The molecule has 0 radical (unpaired) electrons. The number of carbonyl (C=O) groups is 1. The zero-order valence-electron chi connectivity index (χ0n) is 16.4. The average Bonchev–Trinajstić information content (AvgIpc) is 2.63. The Kier molecular flexibility index (Phi) is 10.1. The van der Waals surface area contributed by atoms with Gasteiger partial charge < -0.3 is 11.1 Å². The summed E-state index contributed by atoms with van der Waals surface area (Å²) in [5.41, 5.74) is 8.23. The molecule has 0 spiro atoms. The Hall–Kier alpha value is -0.810. The molecule has 1 atom stereocenters. The highest BCUT2D eigenvalue weighted by Crippen LogP contribution is 2.26. The second-order valence-electron chi connectivity index (χ2n) is 7.98. The third-order valence-corrected chi connectivity index (χ3v) is 6.07. The lowest BCUT2D eigenvalue weighted by Gasteiger charge is -2.34. The molecular formula is C21H35Cl2N3O. The minimum absolute atomic E-state index is 0. The van der Waals surface area contributed by atoms with Crippen molar-refractivity contribution in [2.75, 3.05) is 6.54 Å². The quantitative estimate of drug-likeness (QED) is 0.757. The molecular weight excluding hydrogens is 381 g/mol. The molecule has 1 aliphatic heterocycles. The zero-order chi connectivity index (χ0) is 17.7. The highest BCUT2D eigenvalue weighted by atomic mass is 35.5. The van der Waals surface area contributed by atoms with Gasteiger partial charge in [0.25, 0.3) is 0 Å². The van der Waals surface area contributed by atoms with Gasteiger partial charge in [0.2, 0.25) is 5.91 Å². The van der Waals surface area contributed by atoms with Crippen LogP contribution in [0.25, 0.3) is 0 Å². The van der Waals surface area contributed by atoms with Crippen molar-refractivity contribution in [3.05, 3.63) is 35.4 Å². The number of hydrogen-bond acceptors (Lipinski definition) is 3. The molecule has 2 fully saturated rings. The first-order valence-corrected chi connectivity index (χ1v) is 9.96. The first kappa shape index (κ1) is 24.2. The van der Waals surface area contributed by atoms with E-state index >= 15 is 0 Å². The SMILES string of the molecule is CC1CCCCN1Cc1ccccc1CNC(=O)C1(N)CCCCC1.Cl.Cl. The van der Waals surface area contributed by atoms with E-state index in [4.69, 9.17) is 5.73 Å². The molecule has 3 rings (SSSR count). The summed E-state index contributed by atoms with van der Waals surface area (Å²) in [6, 6.07) is 9.13. The van der Waals surface area contributed by atoms with E-state index in [9.17, 15) is 4.79 Å². The molecule has 3 N–H and O–H groups in total. The lowest BCUT2D eigenvalue weighted by atomic mass is 9.82. The number of nitrogens with one attached hydrogen (secondary N) is 1. The van der Waals surface area contributed by atoms with Gasteiger partial charge in [-0.05, 0) is 50.3 Å². The Morgan fingerprint density at radius 1 is 1.11 bits per heavy atom. The number of likely N-dealkylation sites (tertiary alicyclic amines) is 1. The van der Waals surface area contributed by atoms with Crippen LogP contribution in [0.15, 0.2) is 24.3 Å². The summed E-state index contributed by atoms with van der Waals surface area (Å²) >= 11 is 0. The van der Waals surface area contributed by atoms with Crippen LogP contribution < -0.4 is 11.1 Å². The summed E-state index contributed by atoms with van der Waals surface area (Å²) in [6.45, 7) is 5.05. The van der Waals surface area contributed by atoms with Crippen molar-refractivity contribution in [3.63, 3.8) is 0 Å². The van der Waals surface area contributed by atoms with Crippen LogP contribution in [0.2, 0.25) is 0 Å². The second kappa shape index (κ2) is 11.3. The number of rotatable bonds is 5. The predicted molar refractivity (Wildman–Crippen MR) is 117 cm³/mol. The summed E-state index contributed by atoms with van der Waals surface area (Å²) in [5.74, 6) is 0.0216. The number of nitrogens with zero attached hydrogens (tertiary/aromatic N) is 1. The molecule has 1 aliphatic carbocycles. The van der Waals surface area contributed by atoms with E-state index in [1.54, 1.807) is 0 Å². The van der Waals surface area contributed by atoms with Gasteiger partial charge >= 0.3 is 0 Å². The van der Waals surface area contributed by atoms with Crippen molar-refractivity contribution in [2.24, 2.45) is 5.73 Å². The molecule has 1 aromatic carbocycles. The Morgan fingerprint density at radius 2 is 1.78 bits per heavy atom. The summed E-state index contributed by atoms with van der Waals surface area (Å²) in [7, 11) is 0. The van der Waals surface area contributed by atoms with Gasteiger partial charge in [0, 0.05) is 19.1 Å². The van der Waals surface area contributed by atoms with Crippen molar-refractivity contribution in [1.29, 1.82) is 0 Å². The van der Waals surface area contributed by atoms with Crippen LogP contribution in [-0.2, 0) is 17.9 Å². The van der Waals surface area contributed by atoms with Crippen molar-refractivity contribution >= 4 is 30.7 Å². The molecule has 1 unspecified atom stereocenters. The van der Waals surface area contributed by atoms with E-state index in [0.29, 0.717) is 12.6 Å². The number of hydrogen-bond donors (Lipinski definition) is 2. The maximum Gasteiger partial charge on any atom is 0.240 e. The summed E-state index contributed by atoms with van der Waals surface area (Å²) in [5, 5.41) is 3.12. The van der Waals surface area contributed by atoms with Crippen LogP contribution in [0.3, 0.4) is 0 Å². The van der Waals surface area contributed by atoms with Crippen LogP contribution in [0, 0.1) is 0 Å². The zero-order valence-corrected chi connectivity index (χ0v) is 18.0. The topological polar surface area (TPSA) is 58.4 Å². The molecule has 154 valence electrons. The summed E-state index contributed by atoms with van der Waals surface area (Å²) in [6.07, 6.45) is 8.86. The summed E-state index contributed by atoms with van der Waals surface area (Å²) in [4.78, 5) is 15.2. The summed E-state index contributed by atoms with van der Waals surface area (Å²) < 4.78 is 0. The maximum absolute atomic E-state index is 12.6. The fourth-order valence-corrected chi connectivity index (χ4v) is 4.26. The lowest BCUT2D eigenvalue weighted by molar-refractivity contribution is -0.127. The van der Waals surface area contributed by atoms with Gasteiger partial charge in [-0.2, -0.15) is 0 Å². The highest BCUT2D eigenvalue weighted by Gasteiger charge is 2.35. The number of carbonyl (C=O) groups excluding carboxylic acids is 1. The Bertz CT molecular complexity index is 591. The molecule has 1 amide bonds. The van der Waals surface area contributed by atoms with Crippen LogP contribution in [0.1, 0.15) is 69.4 Å². The fourth-order valence-electron chi connectivity index (χ4n) is 4.26. The maximum atomic E-state index is 12.6. The molecule has 2 aliphatic rings. The van der Waals surface area contributed by atoms with Crippen molar-refractivity contribution in [3.8, 4) is 0 Å². The number of piperidine rings is 1. The molecule has 4 nitrogen and oxygen atoms in total. The van der Waals surface area contributed by atoms with E-state index in [0.717, 1.165) is 32.2 Å². The largest absolute Gasteiger partial charge is 0.350 e. The van der Waals surface area contributed by atoms with Crippen LogP contribution in [0.4, 0.5) is 0 Å². The molecule has 0 bridgehead atoms. The first-order valence-electron chi connectivity index (χ1n) is 9.96. The molecule has 1 saturated carbocycles. The molecule has 27 heavy (non-hydrogen) atoms. The van der Waals surface area contributed by atoms with Gasteiger partial charge in [0.1, 0.15) is 0 Å². The molecule has 1 aromatic rings. The Morgan fingerprint density at radius 3 is 2.44 bits per heavy atom. The Labute approximate surface area is 176 Å². The fraction of sp³-hybridized carbons (Fsp3) is 0.667. The smallest absolute Gasteiger partial charge is 0.240 e. The van der Waals surface area contributed by atoms with E-state index in [-0.39, 0.29) is 30.7 Å². The van der Waals surface area contributed by atoms with Gasteiger partial charge in [-0.1, -0.05) is 49.9 Å². The van der Waals surface area contributed by atoms with E-state index in [1.165, 1.54) is 43.4 Å². The Balaban J connectivity index is 0.00000182. The third-order valence-electron chi connectivity index (χ3n) is 6.07. The van der Waals surface area contributed by atoms with Crippen LogP contribution >= 0.6 is 24.8 Å². The third kappa shape index (κ3) is 6.35. The lowest BCUT2D eigenvalue weighted by Crippen LogP contribution is -2.54. The number of amides is 1. The second-order valence-corrected chi connectivity index (χ2v) is 7.98. The van der Waals surface area contributed by atoms with Crippen LogP contribution in [0.5, 0.6) is 0 Å². The predicted octanol–water partition coefficient (Wildman–Crippen LogP) is 4.18. The number of benzene rings is 1.